The molecule has 1 aliphatic carbocycles. The van der Waals surface area contributed by atoms with Crippen molar-refractivity contribution < 1.29 is 23.0 Å². The molecule has 94 valence electrons. The molecule has 1 aliphatic rings. The molecule has 0 spiro atoms. The quantitative estimate of drug-likeness (QED) is 0.883. The number of hydrogen-bond acceptors (Lipinski definition) is 2. The van der Waals surface area contributed by atoms with E-state index < -0.39 is 17.5 Å². The maximum Gasteiger partial charge on any atom is 0.420 e. The average Bonchev–Trinajstić information content (AvgIpc) is 2.16. The molecule has 0 heterocycles. The van der Waals surface area contributed by atoms with Crippen LogP contribution in [0.5, 0.6) is 11.5 Å². The number of phenols is 1. The summed E-state index contributed by atoms with van der Waals surface area (Å²) in [5.41, 5.74) is -0.920. The van der Waals surface area contributed by atoms with E-state index in [1.54, 1.807) is 0 Å². The fourth-order valence-corrected chi connectivity index (χ4v) is 1.73. The summed E-state index contributed by atoms with van der Waals surface area (Å²) in [6.07, 6.45) is -1.36. The highest BCUT2D eigenvalue weighted by Gasteiger charge is 2.35. The number of hydrogen-bond donors (Lipinski definition) is 1. The number of ether oxygens (including phenoxy) is 1. The highest BCUT2D eigenvalue weighted by Crippen LogP contribution is 2.38. The molecule has 5 heteroatoms. The van der Waals surface area contributed by atoms with Gasteiger partial charge in [-0.25, -0.2) is 0 Å². The van der Waals surface area contributed by atoms with E-state index in [1.165, 1.54) is 6.07 Å². The van der Waals surface area contributed by atoms with Gasteiger partial charge in [-0.05, 0) is 37.0 Å². The lowest BCUT2D eigenvalue weighted by Crippen LogP contribution is -2.20. The van der Waals surface area contributed by atoms with E-state index in [1.807, 2.05) is 0 Å². The van der Waals surface area contributed by atoms with Gasteiger partial charge in [-0.2, -0.15) is 13.2 Å². The second kappa shape index (κ2) is 4.47. The first-order valence-corrected chi connectivity index (χ1v) is 5.50. The van der Waals surface area contributed by atoms with Crippen LogP contribution in [0.2, 0.25) is 0 Å². The summed E-state index contributed by atoms with van der Waals surface area (Å²) in [7, 11) is 0. The molecule has 0 unspecified atom stereocenters. The van der Waals surface area contributed by atoms with Crippen molar-refractivity contribution in [3.05, 3.63) is 23.8 Å². The van der Waals surface area contributed by atoms with Crippen LogP contribution in [0.4, 0.5) is 13.2 Å². The van der Waals surface area contributed by atoms with Gasteiger partial charge in [-0.1, -0.05) is 6.42 Å². The minimum absolute atomic E-state index is 0.206. The Morgan fingerprint density at radius 1 is 1.29 bits per heavy atom. The summed E-state index contributed by atoms with van der Waals surface area (Å²) in [4.78, 5) is 0. The van der Waals surface area contributed by atoms with Gasteiger partial charge < -0.3 is 9.84 Å². The third kappa shape index (κ3) is 2.84. The monoisotopic (exact) mass is 246 g/mol. The van der Waals surface area contributed by atoms with E-state index in [0.717, 1.165) is 25.3 Å². The van der Waals surface area contributed by atoms with E-state index >= 15 is 0 Å². The number of benzene rings is 1. The molecule has 2 nitrogen and oxygen atoms in total. The van der Waals surface area contributed by atoms with Crippen molar-refractivity contribution in [1.29, 1.82) is 0 Å². The van der Waals surface area contributed by atoms with Crippen molar-refractivity contribution in [1.82, 2.24) is 0 Å². The van der Waals surface area contributed by atoms with E-state index in [2.05, 4.69) is 0 Å². The first kappa shape index (κ1) is 12.1. The molecule has 0 radical (unpaired) electrons. The fourth-order valence-electron chi connectivity index (χ4n) is 1.73. The Bertz CT molecular complexity index is 397. The maximum absolute atomic E-state index is 12.7. The minimum atomic E-state index is -4.51. The Labute approximate surface area is 97.0 Å². The average molecular weight is 246 g/mol. The Morgan fingerprint density at radius 2 is 2.00 bits per heavy atom. The number of rotatable bonds is 3. The molecule has 1 aromatic carbocycles. The molecular weight excluding hydrogens is 233 g/mol. The smallest absolute Gasteiger partial charge is 0.420 e. The largest absolute Gasteiger partial charge is 0.508 e. The molecular formula is C12H13F3O2. The zero-order valence-electron chi connectivity index (χ0n) is 9.13. The third-order valence-electron chi connectivity index (χ3n) is 2.97. The van der Waals surface area contributed by atoms with E-state index in [4.69, 9.17) is 9.84 Å². The maximum atomic E-state index is 12.7. The predicted octanol–water partition coefficient (Wildman–Crippen LogP) is 3.59. The molecule has 0 atom stereocenters. The van der Waals surface area contributed by atoms with E-state index in [-0.39, 0.29) is 5.75 Å². The lowest BCUT2D eigenvalue weighted by atomic mass is 9.86. The molecule has 0 aromatic heterocycles. The highest BCUT2D eigenvalue weighted by atomic mass is 19.4. The Balaban J connectivity index is 2.13. The van der Waals surface area contributed by atoms with Crippen LogP contribution in [0, 0.1) is 5.92 Å². The lowest BCUT2D eigenvalue weighted by molar-refractivity contribution is -0.139. The fraction of sp³-hybridized carbons (Fsp3) is 0.500. The van der Waals surface area contributed by atoms with E-state index in [0.29, 0.717) is 18.6 Å². The Morgan fingerprint density at radius 3 is 2.53 bits per heavy atom. The van der Waals surface area contributed by atoms with Crippen LogP contribution in [0.1, 0.15) is 24.8 Å². The molecule has 1 saturated carbocycles. The van der Waals surface area contributed by atoms with Gasteiger partial charge >= 0.3 is 6.18 Å². The molecule has 0 saturated heterocycles. The normalized spacial score (nSPS) is 16.6. The molecule has 17 heavy (non-hydrogen) atoms. The third-order valence-corrected chi connectivity index (χ3v) is 2.97. The van der Waals surface area contributed by atoms with Gasteiger partial charge in [0.1, 0.15) is 17.1 Å². The molecule has 0 aliphatic heterocycles. The van der Waals surface area contributed by atoms with Crippen molar-refractivity contribution in [2.45, 2.75) is 25.4 Å². The first-order chi connectivity index (χ1) is 7.97. The molecule has 0 bridgehead atoms. The zero-order valence-corrected chi connectivity index (χ0v) is 9.13. The zero-order chi connectivity index (χ0) is 12.5. The Kier molecular flexibility index (Phi) is 3.17. The van der Waals surface area contributed by atoms with Gasteiger partial charge in [0.05, 0.1) is 6.61 Å². The number of aromatic hydroxyl groups is 1. The topological polar surface area (TPSA) is 29.5 Å². The molecule has 1 fully saturated rings. The summed E-state index contributed by atoms with van der Waals surface area (Å²) in [6, 6.07) is 3.05. The summed E-state index contributed by atoms with van der Waals surface area (Å²) in [6.45, 7) is 0.313. The number of halogens is 3. The van der Waals surface area contributed by atoms with Crippen LogP contribution in [-0.4, -0.2) is 11.7 Å². The summed E-state index contributed by atoms with van der Waals surface area (Å²) in [5, 5.41) is 9.08. The summed E-state index contributed by atoms with van der Waals surface area (Å²) in [5.74, 6) is -0.250. The van der Waals surface area contributed by atoms with Gasteiger partial charge in [-0.15, -0.1) is 0 Å². The standard InChI is InChI=1S/C12H13F3O2/c13-12(14,15)10-6-9(16)4-5-11(10)17-7-8-2-1-3-8/h4-6,8,16H,1-3,7H2. The predicted molar refractivity (Wildman–Crippen MR) is 55.9 cm³/mol. The second-order valence-electron chi connectivity index (χ2n) is 4.29. The molecule has 0 amide bonds. The van der Waals surface area contributed by atoms with Crippen molar-refractivity contribution >= 4 is 0 Å². The summed E-state index contributed by atoms with van der Waals surface area (Å²) < 4.78 is 43.2. The van der Waals surface area contributed by atoms with Crippen LogP contribution in [0.3, 0.4) is 0 Å². The van der Waals surface area contributed by atoms with Crippen LogP contribution >= 0.6 is 0 Å². The Hall–Kier alpha value is -1.39. The molecule has 1 aromatic rings. The SMILES string of the molecule is Oc1ccc(OCC2CCC2)c(C(F)(F)F)c1. The lowest BCUT2D eigenvalue weighted by Gasteiger charge is -2.25. The van der Waals surface area contributed by atoms with Crippen LogP contribution < -0.4 is 4.74 Å². The van der Waals surface area contributed by atoms with Crippen molar-refractivity contribution in [3.8, 4) is 11.5 Å². The van der Waals surface area contributed by atoms with Gasteiger partial charge in [0.25, 0.3) is 0 Å². The van der Waals surface area contributed by atoms with Gasteiger partial charge in [-0.3, -0.25) is 0 Å². The number of phenolic OH excluding ortho intramolecular Hbond substituents is 1. The number of alkyl halides is 3. The van der Waals surface area contributed by atoms with Gasteiger partial charge in [0.15, 0.2) is 0 Å². The van der Waals surface area contributed by atoms with Crippen LogP contribution in [-0.2, 0) is 6.18 Å². The van der Waals surface area contributed by atoms with Gasteiger partial charge in [0, 0.05) is 0 Å². The highest BCUT2D eigenvalue weighted by molar-refractivity contribution is 5.41. The minimum Gasteiger partial charge on any atom is -0.508 e. The van der Waals surface area contributed by atoms with Crippen molar-refractivity contribution in [2.24, 2.45) is 5.92 Å². The van der Waals surface area contributed by atoms with Crippen LogP contribution in [0.15, 0.2) is 18.2 Å². The molecule has 1 N–H and O–H groups in total. The van der Waals surface area contributed by atoms with Crippen LogP contribution in [0.25, 0.3) is 0 Å². The first-order valence-electron chi connectivity index (χ1n) is 5.50. The van der Waals surface area contributed by atoms with Crippen molar-refractivity contribution in [3.63, 3.8) is 0 Å². The van der Waals surface area contributed by atoms with Crippen molar-refractivity contribution in [2.75, 3.05) is 6.61 Å². The van der Waals surface area contributed by atoms with E-state index in [9.17, 15) is 13.2 Å². The summed E-state index contributed by atoms with van der Waals surface area (Å²) >= 11 is 0. The van der Waals surface area contributed by atoms with Gasteiger partial charge in [0.2, 0.25) is 0 Å². The molecule has 2 rings (SSSR count). The second-order valence-corrected chi connectivity index (χ2v) is 4.29.